The van der Waals surface area contributed by atoms with Gasteiger partial charge in [-0.2, -0.15) is 4.31 Å². The van der Waals surface area contributed by atoms with Gasteiger partial charge in [-0.05, 0) is 30.3 Å². The van der Waals surface area contributed by atoms with Crippen LogP contribution in [0.1, 0.15) is 10.4 Å². The molecule has 0 radical (unpaired) electrons. The fraction of sp³-hybridized carbons (Fsp3) is 0.100. The van der Waals surface area contributed by atoms with Gasteiger partial charge in [-0.15, -0.1) is 13.2 Å². The van der Waals surface area contributed by atoms with Crippen LogP contribution in [0.4, 0.5) is 10.8 Å². The van der Waals surface area contributed by atoms with Crippen LogP contribution in [-0.2, 0) is 10.0 Å². The van der Waals surface area contributed by atoms with Gasteiger partial charge in [0.2, 0.25) is 10.0 Å². The zero-order valence-corrected chi connectivity index (χ0v) is 17.9. The van der Waals surface area contributed by atoms with Crippen molar-refractivity contribution in [2.75, 3.05) is 18.4 Å². The predicted octanol–water partition coefficient (Wildman–Crippen LogP) is 3.82. The van der Waals surface area contributed by atoms with E-state index < -0.39 is 20.9 Å². The Hall–Kier alpha value is -3.41. The topological polar surface area (TPSA) is 123 Å². The molecule has 0 aliphatic rings. The summed E-state index contributed by atoms with van der Waals surface area (Å²) in [6.45, 7) is 7.46. The number of hydrogen-bond acceptors (Lipinski definition) is 7. The number of nitrogens with zero attached hydrogens (tertiary/aromatic N) is 3. The maximum atomic E-state index is 12.9. The third-order valence-electron chi connectivity index (χ3n) is 4.22. The largest absolute Gasteiger partial charge is 0.298 e. The SMILES string of the molecule is C=CCN(CC=C)S(=O)(=O)c1ccc2nc(NC(=O)c3ccc([N+](=O)[O-])cc3)sc2c1. The molecule has 1 amide bonds. The van der Waals surface area contributed by atoms with Crippen LogP contribution in [0.15, 0.2) is 72.7 Å². The molecule has 1 N–H and O–H groups in total. The number of nitro groups is 1. The van der Waals surface area contributed by atoms with E-state index in [1.165, 1.54) is 52.9 Å². The third kappa shape index (κ3) is 4.85. The van der Waals surface area contributed by atoms with Crippen molar-refractivity contribution < 1.29 is 18.1 Å². The Morgan fingerprint density at radius 3 is 2.39 bits per heavy atom. The molecule has 160 valence electrons. The van der Waals surface area contributed by atoms with E-state index in [2.05, 4.69) is 23.5 Å². The highest BCUT2D eigenvalue weighted by Crippen LogP contribution is 2.29. The van der Waals surface area contributed by atoms with Crippen LogP contribution in [0.3, 0.4) is 0 Å². The first-order valence-electron chi connectivity index (χ1n) is 8.94. The fourth-order valence-electron chi connectivity index (χ4n) is 2.73. The molecule has 0 atom stereocenters. The van der Waals surface area contributed by atoms with Crippen molar-refractivity contribution in [3.63, 3.8) is 0 Å². The summed E-state index contributed by atoms with van der Waals surface area (Å²) >= 11 is 1.12. The second kappa shape index (κ2) is 9.16. The zero-order chi connectivity index (χ0) is 22.6. The number of benzene rings is 2. The number of rotatable bonds is 9. The Morgan fingerprint density at radius 1 is 1.16 bits per heavy atom. The summed E-state index contributed by atoms with van der Waals surface area (Å²) in [6.07, 6.45) is 3.00. The number of aromatic nitrogens is 1. The lowest BCUT2D eigenvalue weighted by Crippen LogP contribution is -2.31. The van der Waals surface area contributed by atoms with Crippen molar-refractivity contribution >= 4 is 48.3 Å². The first kappa shape index (κ1) is 22.3. The Bertz CT molecular complexity index is 1260. The van der Waals surface area contributed by atoms with Crippen LogP contribution >= 0.6 is 11.3 Å². The number of sulfonamides is 1. The molecule has 0 bridgehead atoms. The second-order valence-corrected chi connectivity index (χ2v) is 9.27. The Labute approximate surface area is 182 Å². The fourth-order valence-corrected chi connectivity index (χ4v) is 5.11. The smallest absolute Gasteiger partial charge is 0.269 e. The number of amides is 1. The lowest BCUT2D eigenvalue weighted by Gasteiger charge is -2.18. The summed E-state index contributed by atoms with van der Waals surface area (Å²) in [7, 11) is -3.76. The van der Waals surface area contributed by atoms with Gasteiger partial charge in [0.1, 0.15) is 0 Å². The van der Waals surface area contributed by atoms with E-state index in [1.54, 1.807) is 6.07 Å². The average Bonchev–Trinajstić information content (AvgIpc) is 3.15. The lowest BCUT2D eigenvalue weighted by atomic mass is 10.2. The van der Waals surface area contributed by atoms with Gasteiger partial charge in [-0.25, -0.2) is 13.4 Å². The molecule has 0 unspecified atom stereocenters. The van der Waals surface area contributed by atoms with E-state index in [0.717, 1.165) is 11.3 Å². The van der Waals surface area contributed by atoms with Crippen LogP contribution < -0.4 is 5.32 Å². The number of fused-ring (bicyclic) bond motifs is 1. The molecule has 9 nitrogen and oxygen atoms in total. The van der Waals surface area contributed by atoms with Gasteiger partial charge in [-0.3, -0.25) is 20.2 Å². The maximum absolute atomic E-state index is 12.9. The average molecular weight is 459 g/mol. The van der Waals surface area contributed by atoms with Crippen molar-refractivity contribution in [2.24, 2.45) is 0 Å². The number of non-ortho nitro benzene ring substituents is 1. The Kier molecular flexibility index (Phi) is 6.59. The van der Waals surface area contributed by atoms with Crippen molar-refractivity contribution in [1.82, 2.24) is 9.29 Å². The molecule has 0 aliphatic carbocycles. The van der Waals surface area contributed by atoms with Crippen molar-refractivity contribution in [2.45, 2.75) is 4.90 Å². The molecule has 0 aliphatic heterocycles. The van der Waals surface area contributed by atoms with Crippen molar-refractivity contribution in [3.05, 3.63) is 83.5 Å². The molecular formula is C20H18N4O5S2. The molecular weight excluding hydrogens is 440 g/mol. The minimum absolute atomic E-state index is 0.0978. The quantitative estimate of drug-likeness (QED) is 0.295. The molecule has 0 fully saturated rings. The highest BCUT2D eigenvalue weighted by atomic mass is 32.2. The highest BCUT2D eigenvalue weighted by Gasteiger charge is 2.23. The van der Waals surface area contributed by atoms with Crippen LogP contribution in [0.25, 0.3) is 10.2 Å². The van der Waals surface area contributed by atoms with E-state index in [0.29, 0.717) is 10.2 Å². The van der Waals surface area contributed by atoms with Gasteiger partial charge in [0.05, 0.1) is 20.0 Å². The number of carbonyl (C=O) groups excluding carboxylic acids is 1. The molecule has 1 heterocycles. The minimum atomic E-state index is -3.76. The normalized spacial score (nSPS) is 11.4. The molecule has 0 saturated heterocycles. The second-order valence-electron chi connectivity index (χ2n) is 6.31. The molecule has 0 spiro atoms. The van der Waals surface area contributed by atoms with Gasteiger partial charge in [0.25, 0.3) is 11.6 Å². The van der Waals surface area contributed by atoms with Crippen molar-refractivity contribution in [1.29, 1.82) is 0 Å². The van der Waals surface area contributed by atoms with Gasteiger partial charge < -0.3 is 0 Å². The van der Waals surface area contributed by atoms with E-state index in [-0.39, 0.29) is 34.4 Å². The number of anilines is 1. The first-order chi connectivity index (χ1) is 14.8. The lowest BCUT2D eigenvalue weighted by molar-refractivity contribution is -0.384. The van der Waals surface area contributed by atoms with Gasteiger partial charge >= 0.3 is 0 Å². The van der Waals surface area contributed by atoms with E-state index >= 15 is 0 Å². The summed E-state index contributed by atoms with van der Waals surface area (Å²) in [4.78, 5) is 27.0. The molecule has 2 aromatic carbocycles. The van der Waals surface area contributed by atoms with Crippen LogP contribution in [0.5, 0.6) is 0 Å². The molecule has 3 rings (SSSR count). The summed E-state index contributed by atoms with van der Waals surface area (Å²) in [5.74, 6) is -0.482. The molecule has 3 aromatic rings. The summed E-state index contributed by atoms with van der Waals surface area (Å²) < 4.78 is 27.6. The minimum Gasteiger partial charge on any atom is -0.298 e. The standard InChI is InChI=1S/C20H18N4O5S2/c1-3-11-23(12-4-2)31(28,29)16-9-10-17-18(13-16)30-20(21-17)22-19(25)14-5-7-15(8-6-14)24(26)27/h3-10,13H,1-2,11-12H2,(H,21,22,25). The number of thiazole rings is 1. The van der Waals surface area contributed by atoms with E-state index in [1.807, 2.05) is 0 Å². The number of hydrogen-bond donors (Lipinski definition) is 1. The molecule has 1 aromatic heterocycles. The molecule has 11 heteroatoms. The number of nitro benzene ring substituents is 1. The van der Waals surface area contributed by atoms with Crippen molar-refractivity contribution in [3.8, 4) is 0 Å². The summed E-state index contributed by atoms with van der Waals surface area (Å²) in [6, 6.07) is 9.70. The zero-order valence-electron chi connectivity index (χ0n) is 16.2. The Balaban J connectivity index is 1.85. The first-order valence-corrected chi connectivity index (χ1v) is 11.2. The predicted molar refractivity (Wildman–Crippen MR) is 120 cm³/mol. The van der Waals surface area contributed by atoms with E-state index in [4.69, 9.17) is 0 Å². The number of nitrogens with one attached hydrogen (secondary N) is 1. The maximum Gasteiger partial charge on any atom is 0.269 e. The Morgan fingerprint density at radius 2 is 1.81 bits per heavy atom. The van der Waals surface area contributed by atoms with Crippen LogP contribution in [0.2, 0.25) is 0 Å². The monoisotopic (exact) mass is 458 g/mol. The van der Waals surface area contributed by atoms with Crippen LogP contribution in [-0.4, -0.2) is 41.6 Å². The highest BCUT2D eigenvalue weighted by molar-refractivity contribution is 7.89. The molecule has 0 saturated carbocycles. The summed E-state index contributed by atoms with van der Waals surface area (Å²) in [5.41, 5.74) is 0.645. The van der Waals surface area contributed by atoms with Gasteiger partial charge in [0, 0.05) is 30.8 Å². The van der Waals surface area contributed by atoms with Crippen LogP contribution in [0, 0.1) is 10.1 Å². The summed E-state index contributed by atoms with van der Waals surface area (Å²) in [5, 5.41) is 13.6. The molecule has 31 heavy (non-hydrogen) atoms. The van der Waals surface area contributed by atoms with Gasteiger partial charge in [0.15, 0.2) is 5.13 Å². The van der Waals surface area contributed by atoms with E-state index in [9.17, 15) is 23.3 Å². The number of carbonyl (C=O) groups is 1. The van der Waals surface area contributed by atoms with Gasteiger partial charge in [-0.1, -0.05) is 23.5 Å². The third-order valence-corrected chi connectivity index (χ3v) is 6.99.